The molecule has 2 rings (SSSR count). The van der Waals surface area contributed by atoms with Crippen LogP contribution in [0, 0.1) is 6.92 Å². The molecule has 0 atom stereocenters. The second-order valence-corrected chi connectivity index (χ2v) is 4.50. The summed E-state index contributed by atoms with van der Waals surface area (Å²) in [6.07, 6.45) is 0. The third-order valence-corrected chi connectivity index (χ3v) is 3.14. The van der Waals surface area contributed by atoms with E-state index >= 15 is 0 Å². The van der Waals surface area contributed by atoms with Gasteiger partial charge in [0.15, 0.2) is 0 Å². The van der Waals surface area contributed by atoms with Crippen LogP contribution in [0.4, 0.5) is 11.4 Å². The Morgan fingerprint density at radius 3 is 2.79 bits per heavy atom. The number of nitrogens with zero attached hydrogens (tertiary/aromatic N) is 2. The SMILES string of the molecule is CCn1nc(C)c(N)c1C(=O)Nc1ccccc1Cl. The number of para-hydroxylation sites is 1. The highest BCUT2D eigenvalue weighted by Crippen LogP contribution is 2.23. The lowest BCUT2D eigenvalue weighted by Crippen LogP contribution is -2.19. The monoisotopic (exact) mass is 278 g/mol. The lowest BCUT2D eigenvalue weighted by Gasteiger charge is -2.08. The van der Waals surface area contributed by atoms with Gasteiger partial charge in [0.2, 0.25) is 0 Å². The maximum Gasteiger partial charge on any atom is 0.276 e. The topological polar surface area (TPSA) is 72.9 Å². The standard InChI is InChI=1S/C13H15ClN4O/c1-3-18-12(11(15)8(2)17-18)13(19)16-10-7-5-4-6-9(10)14/h4-7H,3,15H2,1-2H3,(H,16,19). The average molecular weight is 279 g/mol. The number of nitrogen functional groups attached to an aromatic ring is 1. The molecule has 1 aromatic heterocycles. The predicted octanol–water partition coefficient (Wildman–Crippen LogP) is 2.70. The molecule has 0 radical (unpaired) electrons. The summed E-state index contributed by atoms with van der Waals surface area (Å²) in [6, 6.07) is 7.04. The molecule has 5 nitrogen and oxygen atoms in total. The Labute approximate surface area is 116 Å². The van der Waals surface area contributed by atoms with Crippen molar-refractivity contribution in [2.75, 3.05) is 11.1 Å². The van der Waals surface area contributed by atoms with Gasteiger partial charge in [-0.05, 0) is 26.0 Å². The zero-order valence-electron chi connectivity index (χ0n) is 10.8. The quantitative estimate of drug-likeness (QED) is 0.907. The number of amides is 1. The number of carbonyl (C=O) groups excluding carboxylic acids is 1. The minimum absolute atomic E-state index is 0.312. The van der Waals surface area contributed by atoms with Gasteiger partial charge in [-0.3, -0.25) is 9.48 Å². The van der Waals surface area contributed by atoms with Crippen molar-refractivity contribution in [2.45, 2.75) is 20.4 Å². The fourth-order valence-corrected chi connectivity index (χ4v) is 1.99. The van der Waals surface area contributed by atoms with E-state index in [1.165, 1.54) is 0 Å². The molecule has 0 aliphatic rings. The second kappa shape index (κ2) is 5.32. The summed E-state index contributed by atoms with van der Waals surface area (Å²) in [6.45, 7) is 4.25. The van der Waals surface area contributed by atoms with Gasteiger partial charge in [0.05, 0.1) is 22.1 Å². The van der Waals surface area contributed by atoms with E-state index in [9.17, 15) is 4.79 Å². The number of halogens is 1. The van der Waals surface area contributed by atoms with Gasteiger partial charge in [0.25, 0.3) is 5.91 Å². The van der Waals surface area contributed by atoms with E-state index in [1.54, 1.807) is 35.9 Å². The number of benzene rings is 1. The molecule has 19 heavy (non-hydrogen) atoms. The van der Waals surface area contributed by atoms with Crippen molar-refractivity contribution in [2.24, 2.45) is 0 Å². The van der Waals surface area contributed by atoms with E-state index < -0.39 is 0 Å². The number of nitrogens with two attached hydrogens (primary N) is 1. The Kier molecular flexibility index (Phi) is 3.76. The van der Waals surface area contributed by atoms with Crippen LogP contribution in [-0.4, -0.2) is 15.7 Å². The van der Waals surface area contributed by atoms with Crippen LogP contribution in [0.3, 0.4) is 0 Å². The number of aromatic nitrogens is 2. The fraction of sp³-hybridized carbons (Fsp3) is 0.231. The Hall–Kier alpha value is -2.01. The first-order valence-corrected chi connectivity index (χ1v) is 6.31. The Bertz CT molecular complexity index is 621. The minimum Gasteiger partial charge on any atom is -0.395 e. The number of hydrogen-bond acceptors (Lipinski definition) is 3. The molecule has 1 amide bonds. The Morgan fingerprint density at radius 2 is 2.16 bits per heavy atom. The van der Waals surface area contributed by atoms with Gasteiger partial charge >= 0.3 is 0 Å². The molecule has 100 valence electrons. The number of hydrogen-bond donors (Lipinski definition) is 2. The Balaban J connectivity index is 2.33. The summed E-state index contributed by atoms with van der Waals surface area (Å²) < 4.78 is 1.58. The molecule has 1 aromatic carbocycles. The van der Waals surface area contributed by atoms with Gasteiger partial charge in [0, 0.05) is 6.54 Å². The molecule has 0 spiro atoms. The van der Waals surface area contributed by atoms with Gasteiger partial charge < -0.3 is 11.1 Å². The number of carbonyl (C=O) groups is 1. The third kappa shape index (κ3) is 2.56. The zero-order chi connectivity index (χ0) is 14.0. The number of aryl methyl sites for hydroxylation is 2. The molecule has 0 saturated carbocycles. The maximum atomic E-state index is 12.3. The summed E-state index contributed by atoms with van der Waals surface area (Å²) in [4.78, 5) is 12.3. The van der Waals surface area contributed by atoms with Crippen molar-refractivity contribution in [3.63, 3.8) is 0 Å². The zero-order valence-corrected chi connectivity index (χ0v) is 11.5. The van der Waals surface area contributed by atoms with E-state index in [4.69, 9.17) is 17.3 Å². The van der Waals surface area contributed by atoms with Crippen molar-refractivity contribution < 1.29 is 4.79 Å². The molecule has 0 aliphatic heterocycles. The van der Waals surface area contributed by atoms with E-state index in [-0.39, 0.29) is 5.91 Å². The van der Waals surface area contributed by atoms with Crippen molar-refractivity contribution in [1.82, 2.24) is 9.78 Å². The molecule has 6 heteroatoms. The summed E-state index contributed by atoms with van der Waals surface area (Å²) in [5.41, 5.74) is 7.85. The van der Waals surface area contributed by atoms with Gasteiger partial charge in [-0.15, -0.1) is 0 Å². The largest absolute Gasteiger partial charge is 0.395 e. The van der Waals surface area contributed by atoms with Crippen molar-refractivity contribution in [3.05, 3.63) is 40.7 Å². The first kappa shape index (κ1) is 13.4. The van der Waals surface area contributed by atoms with Gasteiger partial charge in [-0.2, -0.15) is 5.10 Å². The van der Waals surface area contributed by atoms with E-state index in [0.717, 1.165) is 0 Å². The molecule has 3 N–H and O–H groups in total. The van der Waals surface area contributed by atoms with Crippen LogP contribution < -0.4 is 11.1 Å². The molecule has 0 saturated heterocycles. The fourth-order valence-electron chi connectivity index (χ4n) is 1.81. The summed E-state index contributed by atoms with van der Waals surface area (Å²) in [5, 5.41) is 7.44. The third-order valence-electron chi connectivity index (χ3n) is 2.81. The van der Waals surface area contributed by atoms with Crippen molar-refractivity contribution in [1.29, 1.82) is 0 Å². The lowest BCUT2D eigenvalue weighted by molar-refractivity contribution is 0.101. The molecule has 0 unspecified atom stereocenters. The first-order chi connectivity index (χ1) is 9.04. The number of rotatable bonds is 3. The van der Waals surface area contributed by atoms with Crippen LogP contribution in [0.25, 0.3) is 0 Å². The molecule has 0 aliphatic carbocycles. The summed E-state index contributed by atoms with van der Waals surface area (Å²) in [7, 11) is 0. The lowest BCUT2D eigenvalue weighted by atomic mass is 10.2. The number of anilines is 2. The first-order valence-electron chi connectivity index (χ1n) is 5.93. The maximum absolute atomic E-state index is 12.3. The van der Waals surface area contributed by atoms with Gasteiger partial charge in [-0.1, -0.05) is 23.7 Å². The van der Waals surface area contributed by atoms with Crippen LogP contribution in [0.1, 0.15) is 23.1 Å². The van der Waals surface area contributed by atoms with Crippen LogP contribution in [0.15, 0.2) is 24.3 Å². The van der Waals surface area contributed by atoms with Gasteiger partial charge in [0.1, 0.15) is 5.69 Å². The molecular formula is C13H15ClN4O. The van der Waals surface area contributed by atoms with Crippen LogP contribution >= 0.6 is 11.6 Å². The highest BCUT2D eigenvalue weighted by atomic mass is 35.5. The van der Waals surface area contributed by atoms with Gasteiger partial charge in [-0.25, -0.2) is 0 Å². The predicted molar refractivity (Wildman–Crippen MR) is 76.5 cm³/mol. The summed E-state index contributed by atoms with van der Waals surface area (Å²) >= 11 is 6.01. The molecule has 1 heterocycles. The highest BCUT2D eigenvalue weighted by molar-refractivity contribution is 6.33. The average Bonchev–Trinajstić information content (AvgIpc) is 2.68. The Morgan fingerprint density at radius 1 is 1.47 bits per heavy atom. The van der Waals surface area contributed by atoms with Crippen LogP contribution in [-0.2, 0) is 6.54 Å². The minimum atomic E-state index is -0.312. The molecule has 0 fully saturated rings. The van der Waals surface area contributed by atoms with E-state index in [1.807, 2.05) is 6.92 Å². The van der Waals surface area contributed by atoms with E-state index in [0.29, 0.717) is 34.3 Å². The van der Waals surface area contributed by atoms with E-state index in [2.05, 4.69) is 10.4 Å². The van der Waals surface area contributed by atoms with Crippen molar-refractivity contribution in [3.8, 4) is 0 Å². The molecule has 0 bridgehead atoms. The van der Waals surface area contributed by atoms with Crippen molar-refractivity contribution >= 4 is 28.9 Å². The van der Waals surface area contributed by atoms with Crippen LogP contribution in [0.2, 0.25) is 5.02 Å². The smallest absolute Gasteiger partial charge is 0.276 e. The van der Waals surface area contributed by atoms with Crippen LogP contribution in [0.5, 0.6) is 0 Å². The normalized spacial score (nSPS) is 10.5. The molecular weight excluding hydrogens is 264 g/mol. The second-order valence-electron chi connectivity index (χ2n) is 4.10. The highest BCUT2D eigenvalue weighted by Gasteiger charge is 2.19. The molecule has 2 aromatic rings. The number of nitrogens with one attached hydrogen (secondary N) is 1. The summed E-state index contributed by atoms with van der Waals surface area (Å²) in [5.74, 6) is -0.312.